The predicted molar refractivity (Wildman–Crippen MR) is 83.0 cm³/mol. The second-order valence-corrected chi connectivity index (χ2v) is 6.37. The van der Waals surface area contributed by atoms with E-state index in [4.69, 9.17) is 0 Å². The first-order chi connectivity index (χ1) is 9.75. The van der Waals surface area contributed by atoms with Crippen LogP contribution >= 0.6 is 11.3 Å². The molecule has 3 heteroatoms. The van der Waals surface area contributed by atoms with Gasteiger partial charge in [-0.1, -0.05) is 30.3 Å². The van der Waals surface area contributed by atoms with Gasteiger partial charge in [-0.25, -0.2) is 0 Å². The fourth-order valence-electron chi connectivity index (χ4n) is 2.95. The summed E-state index contributed by atoms with van der Waals surface area (Å²) in [6.45, 7) is 2.05. The predicted octanol–water partition coefficient (Wildman–Crippen LogP) is 4.05. The van der Waals surface area contributed by atoms with E-state index in [9.17, 15) is 4.79 Å². The van der Waals surface area contributed by atoms with E-state index >= 15 is 0 Å². The molecule has 1 aliphatic carbocycles. The summed E-state index contributed by atoms with van der Waals surface area (Å²) in [6, 6.07) is 12.5. The van der Waals surface area contributed by atoms with E-state index in [0.717, 1.165) is 19.3 Å². The minimum Gasteiger partial charge on any atom is -0.348 e. The Morgan fingerprint density at radius 3 is 2.95 bits per heavy atom. The Bertz CT molecular complexity index is 591. The highest BCUT2D eigenvalue weighted by Crippen LogP contribution is 2.32. The quantitative estimate of drug-likeness (QED) is 0.906. The number of rotatable bonds is 3. The molecule has 1 N–H and O–H groups in total. The molecule has 0 saturated carbocycles. The summed E-state index contributed by atoms with van der Waals surface area (Å²) in [5.74, 6) is 0.181. The minimum atomic E-state index is 0.0161. The summed E-state index contributed by atoms with van der Waals surface area (Å²) in [4.78, 5) is 13.8. The molecule has 0 radical (unpaired) electrons. The average Bonchev–Trinajstić information content (AvgIpc) is 3.01. The maximum atomic E-state index is 12.6. The Hall–Kier alpha value is -1.61. The molecule has 0 saturated heterocycles. The molecule has 0 aliphatic heterocycles. The number of benzene rings is 1. The van der Waals surface area contributed by atoms with Crippen molar-refractivity contribution in [2.45, 2.75) is 38.1 Å². The van der Waals surface area contributed by atoms with Gasteiger partial charge in [-0.3, -0.25) is 4.79 Å². The second kappa shape index (κ2) is 5.80. The molecule has 0 fully saturated rings. The molecule has 20 heavy (non-hydrogen) atoms. The van der Waals surface area contributed by atoms with Gasteiger partial charge in [0.25, 0.3) is 0 Å². The van der Waals surface area contributed by atoms with E-state index in [1.807, 2.05) is 17.5 Å². The van der Waals surface area contributed by atoms with Crippen molar-refractivity contribution < 1.29 is 4.79 Å². The Kier molecular flexibility index (Phi) is 3.88. The van der Waals surface area contributed by atoms with Crippen LogP contribution in [0.5, 0.6) is 0 Å². The zero-order valence-electron chi connectivity index (χ0n) is 11.6. The molecule has 1 aromatic heterocycles. The first-order valence-corrected chi connectivity index (χ1v) is 8.05. The van der Waals surface area contributed by atoms with E-state index in [1.165, 1.54) is 16.0 Å². The van der Waals surface area contributed by atoms with Crippen LogP contribution in [0.15, 0.2) is 41.8 Å². The third-order valence-corrected chi connectivity index (χ3v) is 5.07. The first-order valence-electron chi connectivity index (χ1n) is 7.17. The normalized spacial score (nSPS) is 19.1. The van der Waals surface area contributed by atoms with Crippen LogP contribution in [0, 0.1) is 0 Å². The Balaban J connectivity index is 1.75. The third kappa shape index (κ3) is 2.63. The van der Waals surface area contributed by atoms with E-state index in [2.05, 4.69) is 36.5 Å². The van der Waals surface area contributed by atoms with Crippen molar-refractivity contribution in [1.82, 2.24) is 5.32 Å². The van der Waals surface area contributed by atoms with Gasteiger partial charge in [0.1, 0.15) is 0 Å². The van der Waals surface area contributed by atoms with Crippen molar-refractivity contribution in [2.24, 2.45) is 0 Å². The lowest BCUT2D eigenvalue weighted by Crippen LogP contribution is -2.33. The minimum absolute atomic E-state index is 0.0161. The molecule has 1 aliphatic rings. The summed E-state index contributed by atoms with van der Waals surface area (Å²) < 4.78 is 0. The van der Waals surface area contributed by atoms with Crippen LogP contribution in [0.4, 0.5) is 0 Å². The average molecular weight is 285 g/mol. The number of hydrogen-bond donors (Lipinski definition) is 1. The lowest BCUT2D eigenvalue weighted by atomic mass is 9.82. The molecule has 2 atom stereocenters. The van der Waals surface area contributed by atoms with Gasteiger partial charge in [-0.15, -0.1) is 11.3 Å². The van der Waals surface area contributed by atoms with Gasteiger partial charge in [0, 0.05) is 4.88 Å². The van der Waals surface area contributed by atoms with Crippen molar-refractivity contribution in [1.29, 1.82) is 0 Å². The van der Waals surface area contributed by atoms with Gasteiger partial charge in [0.05, 0.1) is 12.0 Å². The molecular formula is C17H19NOS. The molecule has 104 valence electrons. The Morgan fingerprint density at radius 1 is 1.30 bits per heavy atom. The maximum Gasteiger partial charge on any atom is 0.228 e. The lowest BCUT2D eigenvalue weighted by molar-refractivity contribution is -0.123. The van der Waals surface area contributed by atoms with Crippen molar-refractivity contribution >= 4 is 17.2 Å². The fourth-order valence-corrected chi connectivity index (χ4v) is 3.68. The van der Waals surface area contributed by atoms with E-state index in [1.54, 1.807) is 11.3 Å². The molecule has 0 unspecified atom stereocenters. The van der Waals surface area contributed by atoms with Crippen LogP contribution in [-0.2, 0) is 11.2 Å². The number of aryl methyl sites for hydroxylation is 1. The SMILES string of the molecule is C[C@@H](NC(=O)[C@@H]1CCCc2ccccc21)c1cccs1. The lowest BCUT2D eigenvalue weighted by Gasteiger charge is -2.26. The standard InChI is InChI=1S/C17H19NOS/c1-12(16-10-5-11-20-16)18-17(19)15-9-4-7-13-6-2-3-8-14(13)15/h2-3,5-6,8,10-12,15H,4,7,9H2,1H3,(H,18,19)/t12-,15-/m1/s1. The molecule has 2 nitrogen and oxygen atoms in total. The summed E-state index contributed by atoms with van der Waals surface area (Å²) in [7, 11) is 0. The van der Waals surface area contributed by atoms with E-state index in [0.29, 0.717) is 0 Å². The van der Waals surface area contributed by atoms with Gasteiger partial charge in [-0.2, -0.15) is 0 Å². The summed E-state index contributed by atoms with van der Waals surface area (Å²) in [5, 5.41) is 5.21. The highest BCUT2D eigenvalue weighted by molar-refractivity contribution is 7.10. The van der Waals surface area contributed by atoms with E-state index < -0.39 is 0 Å². The Labute approximate surface area is 123 Å². The molecule has 2 aromatic rings. The molecular weight excluding hydrogens is 266 g/mol. The number of nitrogens with one attached hydrogen (secondary N) is 1. The van der Waals surface area contributed by atoms with Gasteiger partial charge in [-0.05, 0) is 48.8 Å². The van der Waals surface area contributed by atoms with E-state index in [-0.39, 0.29) is 17.9 Å². The summed E-state index contributed by atoms with van der Waals surface area (Å²) in [6.07, 6.45) is 3.16. The molecule has 1 heterocycles. The molecule has 3 rings (SSSR count). The monoisotopic (exact) mass is 285 g/mol. The molecule has 1 amide bonds. The summed E-state index contributed by atoms with van der Waals surface area (Å²) in [5.41, 5.74) is 2.55. The molecule has 0 bridgehead atoms. The largest absolute Gasteiger partial charge is 0.348 e. The van der Waals surface area contributed by atoms with Crippen LogP contribution in [0.25, 0.3) is 0 Å². The van der Waals surface area contributed by atoms with Gasteiger partial charge >= 0.3 is 0 Å². The van der Waals surface area contributed by atoms with Gasteiger partial charge in [0.2, 0.25) is 5.91 Å². The van der Waals surface area contributed by atoms with Crippen LogP contribution in [0.3, 0.4) is 0 Å². The highest BCUT2D eigenvalue weighted by atomic mass is 32.1. The van der Waals surface area contributed by atoms with Crippen LogP contribution in [0.2, 0.25) is 0 Å². The number of carbonyl (C=O) groups excluding carboxylic acids is 1. The Morgan fingerprint density at radius 2 is 2.15 bits per heavy atom. The van der Waals surface area contributed by atoms with Gasteiger partial charge in [0.15, 0.2) is 0 Å². The topological polar surface area (TPSA) is 29.1 Å². The summed E-state index contributed by atoms with van der Waals surface area (Å²) >= 11 is 1.69. The second-order valence-electron chi connectivity index (χ2n) is 5.39. The van der Waals surface area contributed by atoms with Crippen molar-refractivity contribution in [3.8, 4) is 0 Å². The maximum absolute atomic E-state index is 12.6. The number of amides is 1. The number of fused-ring (bicyclic) bond motifs is 1. The molecule has 0 spiro atoms. The van der Waals surface area contributed by atoms with Gasteiger partial charge < -0.3 is 5.32 Å². The number of thiophene rings is 1. The third-order valence-electron chi connectivity index (χ3n) is 4.01. The van der Waals surface area contributed by atoms with Crippen molar-refractivity contribution in [2.75, 3.05) is 0 Å². The fraction of sp³-hybridized carbons (Fsp3) is 0.353. The van der Waals surface area contributed by atoms with Crippen LogP contribution in [0.1, 0.15) is 47.7 Å². The first kappa shape index (κ1) is 13.4. The van der Waals surface area contributed by atoms with Crippen LogP contribution in [-0.4, -0.2) is 5.91 Å². The number of carbonyl (C=O) groups is 1. The zero-order chi connectivity index (χ0) is 13.9. The van der Waals surface area contributed by atoms with Crippen molar-refractivity contribution in [3.05, 3.63) is 57.8 Å². The smallest absolute Gasteiger partial charge is 0.228 e. The highest BCUT2D eigenvalue weighted by Gasteiger charge is 2.27. The number of hydrogen-bond acceptors (Lipinski definition) is 2. The molecule has 1 aromatic carbocycles. The van der Waals surface area contributed by atoms with Crippen LogP contribution < -0.4 is 5.32 Å². The van der Waals surface area contributed by atoms with Crippen molar-refractivity contribution in [3.63, 3.8) is 0 Å². The zero-order valence-corrected chi connectivity index (χ0v) is 12.5.